The molecule has 0 saturated carbocycles. The molecule has 0 aliphatic carbocycles. The van der Waals surface area contributed by atoms with Crippen LogP contribution in [0.25, 0.3) is 0 Å². The highest BCUT2D eigenvalue weighted by atomic mass is 35.5. The second kappa shape index (κ2) is 7.10. The number of nitrogens with zero attached hydrogens (tertiary/aromatic N) is 3. The van der Waals surface area contributed by atoms with E-state index in [1.807, 2.05) is 0 Å². The Kier molecular flexibility index (Phi) is 5.78. The minimum Gasteiger partial charge on any atom is -0.394 e. The Morgan fingerprint density at radius 3 is 2.84 bits per heavy atom. The van der Waals surface area contributed by atoms with Gasteiger partial charge in [0.05, 0.1) is 24.5 Å². The van der Waals surface area contributed by atoms with Crippen LogP contribution in [0, 0.1) is 6.92 Å². The van der Waals surface area contributed by atoms with Crippen LogP contribution >= 0.6 is 11.6 Å². The van der Waals surface area contributed by atoms with Crippen LogP contribution in [0.5, 0.6) is 0 Å². The maximum absolute atomic E-state index is 11.7. The molecule has 0 aliphatic rings. The Morgan fingerprint density at radius 2 is 2.21 bits per heavy atom. The zero-order valence-electron chi connectivity index (χ0n) is 11.2. The zero-order valence-corrected chi connectivity index (χ0v) is 12.0. The number of rotatable bonds is 6. The Labute approximate surface area is 117 Å². The van der Waals surface area contributed by atoms with E-state index in [-0.39, 0.29) is 17.7 Å². The first-order valence-corrected chi connectivity index (χ1v) is 6.10. The number of carbonyl (C=O) groups is 1. The number of hydrogen-bond donors (Lipinski definition) is 2. The largest absolute Gasteiger partial charge is 0.394 e. The summed E-state index contributed by atoms with van der Waals surface area (Å²) in [7, 11) is 3.29. The molecular formula is C11H18ClN5O2. The van der Waals surface area contributed by atoms with E-state index in [4.69, 9.17) is 22.1 Å². The van der Waals surface area contributed by atoms with Gasteiger partial charge in [-0.15, -0.1) is 0 Å². The Balaban J connectivity index is 2.68. The number of carbonyl (C=O) groups excluding carboxylic acids is 1. The van der Waals surface area contributed by atoms with Gasteiger partial charge in [0.15, 0.2) is 5.82 Å². The fraction of sp³-hybridized carbons (Fsp3) is 0.545. The third kappa shape index (κ3) is 4.53. The third-order valence-electron chi connectivity index (χ3n) is 2.46. The van der Waals surface area contributed by atoms with Crippen LogP contribution < -0.4 is 16.0 Å². The van der Waals surface area contributed by atoms with Crippen molar-refractivity contribution in [2.24, 2.45) is 0 Å². The van der Waals surface area contributed by atoms with E-state index in [1.165, 1.54) is 0 Å². The highest BCUT2D eigenvalue weighted by molar-refractivity contribution is 6.28. The summed E-state index contributed by atoms with van der Waals surface area (Å²) in [4.78, 5) is 21.3. The molecule has 0 fully saturated rings. The van der Waals surface area contributed by atoms with Gasteiger partial charge in [-0.2, -0.15) is 4.98 Å². The second-order valence-electron chi connectivity index (χ2n) is 4.01. The lowest BCUT2D eigenvalue weighted by molar-refractivity contribution is -0.119. The van der Waals surface area contributed by atoms with Gasteiger partial charge in [0.25, 0.3) is 0 Å². The van der Waals surface area contributed by atoms with Gasteiger partial charge in [-0.3, -0.25) is 4.79 Å². The summed E-state index contributed by atoms with van der Waals surface area (Å²) in [5.41, 5.74) is 6.87. The van der Waals surface area contributed by atoms with Crippen LogP contribution in [0.15, 0.2) is 0 Å². The molecule has 0 radical (unpaired) electrons. The molecule has 0 saturated heterocycles. The van der Waals surface area contributed by atoms with Crippen LogP contribution in [0.1, 0.15) is 5.69 Å². The number of halogens is 1. The van der Waals surface area contributed by atoms with Gasteiger partial charge in [0.1, 0.15) is 0 Å². The lowest BCUT2D eigenvalue weighted by Crippen LogP contribution is -2.37. The average molecular weight is 288 g/mol. The maximum atomic E-state index is 11.7. The number of methoxy groups -OCH3 is 1. The van der Waals surface area contributed by atoms with Gasteiger partial charge in [0, 0.05) is 20.7 Å². The maximum Gasteiger partial charge on any atom is 0.239 e. The fourth-order valence-electron chi connectivity index (χ4n) is 1.46. The smallest absolute Gasteiger partial charge is 0.239 e. The lowest BCUT2D eigenvalue weighted by atomic mass is 10.3. The van der Waals surface area contributed by atoms with Crippen molar-refractivity contribution >= 4 is 29.0 Å². The van der Waals surface area contributed by atoms with Gasteiger partial charge in [-0.05, 0) is 18.5 Å². The molecule has 1 heterocycles. The van der Waals surface area contributed by atoms with Crippen molar-refractivity contribution < 1.29 is 9.53 Å². The molecule has 106 valence electrons. The van der Waals surface area contributed by atoms with Gasteiger partial charge >= 0.3 is 0 Å². The van der Waals surface area contributed by atoms with Crippen LogP contribution in [0.2, 0.25) is 5.28 Å². The number of nitrogens with two attached hydrogens (primary N) is 1. The van der Waals surface area contributed by atoms with E-state index in [9.17, 15) is 4.79 Å². The lowest BCUT2D eigenvalue weighted by Gasteiger charge is -2.20. The molecule has 0 atom stereocenters. The molecule has 1 rings (SSSR count). The zero-order chi connectivity index (χ0) is 14.4. The van der Waals surface area contributed by atoms with E-state index in [0.717, 1.165) is 0 Å². The van der Waals surface area contributed by atoms with Crippen molar-refractivity contribution in [3.8, 4) is 0 Å². The molecule has 0 spiro atoms. The molecule has 8 heteroatoms. The van der Waals surface area contributed by atoms with Gasteiger partial charge in [0.2, 0.25) is 11.2 Å². The summed E-state index contributed by atoms with van der Waals surface area (Å²) in [5.74, 6) is 0.297. The number of nitrogen functional groups attached to an aromatic ring is 1. The van der Waals surface area contributed by atoms with Crippen LogP contribution in [-0.4, -0.2) is 49.7 Å². The van der Waals surface area contributed by atoms with Crippen LogP contribution in [0.3, 0.4) is 0 Å². The molecule has 1 aromatic heterocycles. The predicted octanol–water partition coefficient (Wildman–Crippen LogP) is 0.219. The number of aromatic nitrogens is 2. The second-order valence-corrected chi connectivity index (χ2v) is 4.35. The molecule has 1 aromatic rings. The molecule has 0 unspecified atom stereocenters. The minimum absolute atomic E-state index is 0.105. The summed E-state index contributed by atoms with van der Waals surface area (Å²) < 4.78 is 4.85. The van der Waals surface area contributed by atoms with E-state index < -0.39 is 0 Å². The number of aryl methyl sites for hydroxylation is 1. The van der Waals surface area contributed by atoms with Crippen molar-refractivity contribution in [2.75, 3.05) is 44.5 Å². The summed E-state index contributed by atoms with van der Waals surface area (Å²) in [6.07, 6.45) is 0. The van der Waals surface area contributed by atoms with Gasteiger partial charge in [-0.1, -0.05) is 0 Å². The van der Waals surface area contributed by atoms with E-state index in [0.29, 0.717) is 30.4 Å². The third-order valence-corrected chi connectivity index (χ3v) is 2.63. The number of ether oxygens (including phenoxy) is 1. The first kappa shape index (κ1) is 15.5. The molecule has 0 bridgehead atoms. The monoisotopic (exact) mass is 287 g/mol. The van der Waals surface area contributed by atoms with Crippen molar-refractivity contribution in [1.82, 2.24) is 15.3 Å². The van der Waals surface area contributed by atoms with Crippen LogP contribution in [-0.2, 0) is 9.53 Å². The molecule has 3 N–H and O–H groups in total. The van der Waals surface area contributed by atoms with Gasteiger partial charge in [-0.25, -0.2) is 4.98 Å². The van der Waals surface area contributed by atoms with Crippen LogP contribution in [0.4, 0.5) is 11.5 Å². The van der Waals surface area contributed by atoms with Gasteiger partial charge < -0.3 is 20.7 Å². The van der Waals surface area contributed by atoms with Crippen molar-refractivity contribution in [3.63, 3.8) is 0 Å². The Morgan fingerprint density at radius 1 is 1.53 bits per heavy atom. The SMILES string of the molecule is COCCNC(=O)CN(C)c1nc(Cl)nc(C)c1N. The van der Waals surface area contributed by atoms with E-state index in [2.05, 4.69) is 15.3 Å². The fourth-order valence-corrected chi connectivity index (χ4v) is 1.67. The number of hydrogen-bond acceptors (Lipinski definition) is 6. The highest BCUT2D eigenvalue weighted by Crippen LogP contribution is 2.23. The average Bonchev–Trinajstić information content (AvgIpc) is 2.33. The molecule has 1 amide bonds. The minimum atomic E-state index is -0.147. The first-order chi connectivity index (χ1) is 8.95. The van der Waals surface area contributed by atoms with Crippen molar-refractivity contribution in [2.45, 2.75) is 6.92 Å². The molecule has 19 heavy (non-hydrogen) atoms. The number of nitrogens with one attached hydrogen (secondary N) is 1. The van der Waals surface area contributed by atoms with Crippen molar-refractivity contribution in [3.05, 3.63) is 11.0 Å². The normalized spacial score (nSPS) is 10.3. The Bertz CT molecular complexity index is 455. The summed E-state index contributed by atoms with van der Waals surface area (Å²) >= 11 is 5.78. The molecular weight excluding hydrogens is 270 g/mol. The molecule has 0 aromatic carbocycles. The highest BCUT2D eigenvalue weighted by Gasteiger charge is 2.14. The molecule has 0 aliphatic heterocycles. The topological polar surface area (TPSA) is 93.4 Å². The summed E-state index contributed by atoms with van der Waals surface area (Å²) in [6.45, 7) is 2.79. The van der Waals surface area contributed by atoms with E-state index >= 15 is 0 Å². The number of likely N-dealkylation sites (N-methyl/N-ethyl adjacent to an activating group) is 1. The number of amides is 1. The number of anilines is 2. The molecule has 7 nitrogen and oxygen atoms in total. The predicted molar refractivity (Wildman–Crippen MR) is 74.3 cm³/mol. The quantitative estimate of drug-likeness (QED) is 0.574. The summed E-state index contributed by atoms with van der Waals surface area (Å²) in [5, 5.41) is 2.82. The first-order valence-electron chi connectivity index (χ1n) is 5.72. The standard InChI is InChI=1S/C11H18ClN5O2/c1-7-9(13)10(16-11(12)15-7)17(2)6-8(18)14-4-5-19-3/h4-6,13H2,1-3H3,(H,14,18). The van der Waals surface area contributed by atoms with Crippen molar-refractivity contribution in [1.29, 1.82) is 0 Å². The summed E-state index contributed by atoms with van der Waals surface area (Å²) in [6, 6.07) is 0. The Hall–Kier alpha value is -1.60. The van der Waals surface area contributed by atoms with E-state index in [1.54, 1.807) is 26.0 Å².